The summed E-state index contributed by atoms with van der Waals surface area (Å²) in [7, 11) is -3.18. The normalized spacial score (nSPS) is 16.3. The predicted molar refractivity (Wildman–Crippen MR) is 123 cm³/mol. The molecule has 0 bridgehead atoms. The monoisotopic (exact) mass is 451 g/mol. The number of nitrogens with one attached hydrogen (secondary N) is 1. The van der Waals surface area contributed by atoms with Gasteiger partial charge in [-0.25, -0.2) is 8.42 Å². The number of para-hydroxylation sites is 1. The third-order valence-electron chi connectivity index (χ3n) is 5.45. The number of anilines is 2. The van der Waals surface area contributed by atoms with E-state index in [0.717, 1.165) is 22.5 Å². The Morgan fingerprint density at radius 2 is 1.81 bits per heavy atom. The van der Waals surface area contributed by atoms with Gasteiger partial charge in [0.1, 0.15) is 0 Å². The van der Waals surface area contributed by atoms with E-state index in [9.17, 15) is 13.2 Å². The molecule has 6 nitrogen and oxygen atoms in total. The summed E-state index contributed by atoms with van der Waals surface area (Å²) in [5.41, 5.74) is 5.34. The van der Waals surface area contributed by atoms with Crippen LogP contribution in [-0.4, -0.2) is 32.3 Å². The molecule has 0 radical (unpaired) electrons. The second-order valence-corrected chi connectivity index (χ2v) is 9.87. The van der Waals surface area contributed by atoms with E-state index in [1.54, 1.807) is 36.4 Å². The minimum absolute atomic E-state index is 0.157. The lowest BCUT2D eigenvalue weighted by atomic mass is 10.0. The molecule has 1 fully saturated rings. The largest absolute Gasteiger partial charge is 0.322 e. The van der Waals surface area contributed by atoms with Crippen molar-refractivity contribution in [3.63, 3.8) is 0 Å². The van der Waals surface area contributed by atoms with Crippen LogP contribution in [0.2, 0.25) is 5.02 Å². The van der Waals surface area contributed by atoms with Gasteiger partial charge in [-0.05, 0) is 54.1 Å². The molecule has 3 aromatic carbocycles. The number of halogens is 1. The predicted octanol–water partition coefficient (Wildman–Crippen LogP) is 4.42. The molecule has 0 aliphatic carbocycles. The second kappa shape index (κ2) is 7.51. The van der Waals surface area contributed by atoms with Gasteiger partial charge >= 0.3 is 0 Å². The first-order valence-corrected chi connectivity index (χ1v) is 11.8. The molecule has 31 heavy (non-hydrogen) atoms. The van der Waals surface area contributed by atoms with E-state index in [2.05, 4.69) is 10.3 Å². The molecule has 0 unspecified atom stereocenters. The molecule has 2 aliphatic heterocycles. The highest BCUT2D eigenvalue weighted by molar-refractivity contribution is 7.94. The van der Waals surface area contributed by atoms with Crippen LogP contribution >= 0.6 is 11.6 Å². The topological polar surface area (TPSA) is 78.8 Å². The molecule has 5 rings (SSSR count). The van der Waals surface area contributed by atoms with Gasteiger partial charge < -0.3 is 5.32 Å². The average Bonchev–Trinajstić information content (AvgIpc) is 3.19. The number of hydrogen-bond acceptors (Lipinski definition) is 4. The number of carbonyl (C=O) groups excluding carboxylic acids is 1. The zero-order valence-electron chi connectivity index (χ0n) is 16.4. The van der Waals surface area contributed by atoms with E-state index in [1.807, 2.05) is 30.3 Å². The van der Waals surface area contributed by atoms with Crippen molar-refractivity contribution in [2.75, 3.05) is 21.9 Å². The van der Waals surface area contributed by atoms with E-state index in [4.69, 9.17) is 11.6 Å². The van der Waals surface area contributed by atoms with Gasteiger partial charge in [0.15, 0.2) is 0 Å². The maximum absolute atomic E-state index is 12.7. The Morgan fingerprint density at radius 3 is 2.48 bits per heavy atom. The number of rotatable bonds is 4. The molecule has 1 saturated heterocycles. The molecule has 156 valence electrons. The summed E-state index contributed by atoms with van der Waals surface area (Å²) in [6, 6.07) is 19.8. The Balaban J connectivity index is 1.34. The zero-order valence-corrected chi connectivity index (χ0v) is 17.9. The summed E-state index contributed by atoms with van der Waals surface area (Å²) in [6.45, 7) is 0.467. The van der Waals surface area contributed by atoms with Crippen molar-refractivity contribution in [1.29, 1.82) is 0 Å². The Labute approximate surface area is 185 Å². The summed E-state index contributed by atoms with van der Waals surface area (Å²) in [5.74, 6) is -0.132. The summed E-state index contributed by atoms with van der Waals surface area (Å²) in [6.07, 6.45) is 0.689. The second-order valence-electron chi connectivity index (χ2n) is 7.45. The molecular weight excluding hydrogens is 434 g/mol. The van der Waals surface area contributed by atoms with Crippen LogP contribution in [0.3, 0.4) is 0 Å². The minimum Gasteiger partial charge on any atom is -0.322 e. The van der Waals surface area contributed by atoms with Crippen LogP contribution < -0.4 is 9.62 Å². The van der Waals surface area contributed by atoms with Gasteiger partial charge in [0.05, 0.1) is 22.8 Å². The number of carbonyl (C=O) groups is 1. The highest BCUT2D eigenvalue weighted by atomic mass is 35.5. The van der Waals surface area contributed by atoms with Crippen molar-refractivity contribution < 1.29 is 13.2 Å². The van der Waals surface area contributed by atoms with E-state index in [1.165, 1.54) is 4.31 Å². The first-order chi connectivity index (χ1) is 14.9. The molecule has 1 amide bonds. The van der Waals surface area contributed by atoms with Gasteiger partial charge in [0, 0.05) is 34.8 Å². The lowest BCUT2D eigenvalue weighted by Gasteiger charge is -2.32. The fraction of sp³-hybridized carbons (Fsp3) is 0.130. The van der Waals surface area contributed by atoms with Crippen molar-refractivity contribution in [3.8, 4) is 0 Å². The van der Waals surface area contributed by atoms with Crippen molar-refractivity contribution in [1.82, 2.24) is 0 Å². The Morgan fingerprint density at radius 1 is 1.03 bits per heavy atom. The fourth-order valence-electron chi connectivity index (χ4n) is 3.72. The maximum Gasteiger partial charge on any atom is 0.255 e. The van der Waals surface area contributed by atoms with Gasteiger partial charge in [-0.1, -0.05) is 29.8 Å². The van der Waals surface area contributed by atoms with Gasteiger partial charge in [-0.15, -0.1) is 0 Å². The summed E-state index contributed by atoms with van der Waals surface area (Å²) in [5, 5.41) is 3.45. The van der Waals surface area contributed by atoms with Crippen molar-refractivity contribution in [2.24, 2.45) is 4.99 Å². The summed E-state index contributed by atoms with van der Waals surface area (Å²) in [4.78, 5) is 17.4. The van der Waals surface area contributed by atoms with Crippen molar-refractivity contribution >= 4 is 50.3 Å². The maximum atomic E-state index is 12.7. The molecule has 0 spiro atoms. The molecule has 1 N–H and O–H groups in total. The van der Waals surface area contributed by atoms with E-state index in [-0.39, 0.29) is 11.7 Å². The molecule has 2 heterocycles. The molecule has 8 heteroatoms. The van der Waals surface area contributed by atoms with Crippen LogP contribution in [0.25, 0.3) is 0 Å². The third-order valence-corrected chi connectivity index (χ3v) is 7.54. The van der Waals surface area contributed by atoms with Crippen molar-refractivity contribution in [2.45, 2.75) is 6.42 Å². The lowest BCUT2D eigenvalue weighted by Crippen LogP contribution is -2.47. The van der Waals surface area contributed by atoms with Gasteiger partial charge in [0.2, 0.25) is 10.0 Å². The summed E-state index contributed by atoms with van der Waals surface area (Å²) < 4.78 is 24.8. The fourth-order valence-corrected chi connectivity index (χ4v) is 5.05. The van der Waals surface area contributed by atoms with Crippen LogP contribution in [0.15, 0.2) is 71.7 Å². The third kappa shape index (κ3) is 3.71. The Bertz CT molecular complexity index is 1330. The van der Waals surface area contributed by atoms with Gasteiger partial charge in [-0.2, -0.15) is 0 Å². The van der Waals surface area contributed by atoms with Crippen LogP contribution in [-0.2, 0) is 16.4 Å². The molecule has 0 saturated carbocycles. The van der Waals surface area contributed by atoms with Crippen LogP contribution in [0.4, 0.5) is 17.1 Å². The number of aliphatic imine (C=N–C) groups is 1. The van der Waals surface area contributed by atoms with E-state index < -0.39 is 10.0 Å². The standard InChI is InChI=1S/C23H18ClN3O3S/c24-20-10-7-17(14-19(20)22-13-16-3-1-2-4-21(16)26-22)25-23(28)15-5-8-18(9-6-15)27-11-12-31(27,29)30/h1-10,14H,11-13H2,(H,25,28). The SMILES string of the molecule is O=C(Nc1ccc(Cl)c(C2=Nc3ccccc3C2)c1)c1ccc(N2CCS2(=O)=O)cc1. The van der Waals surface area contributed by atoms with Crippen LogP contribution in [0.1, 0.15) is 21.5 Å². The number of fused-ring (bicyclic) bond motifs is 1. The summed E-state index contributed by atoms with van der Waals surface area (Å²) >= 11 is 6.41. The first kappa shape index (κ1) is 19.8. The van der Waals surface area contributed by atoms with E-state index >= 15 is 0 Å². The highest BCUT2D eigenvalue weighted by Gasteiger charge is 2.32. The van der Waals surface area contributed by atoms with Gasteiger partial charge in [-0.3, -0.25) is 14.1 Å². The number of amides is 1. The highest BCUT2D eigenvalue weighted by Crippen LogP contribution is 2.32. The molecule has 0 aromatic heterocycles. The van der Waals surface area contributed by atoms with Gasteiger partial charge in [0.25, 0.3) is 5.91 Å². The van der Waals surface area contributed by atoms with Crippen LogP contribution in [0.5, 0.6) is 0 Å². The molecular formula is C23H18ClN3O3S. The number of nitrogens with zero attached hydrogens (tertiary/aromatic N) is 2. The molecule has 2 aliphatic rings. The first-order valence-electron chi connectivity index (χ1n) is 9.78. The minimum atomic E-state index is -3.18. The van der Waals surface area contributed by atoms with Crippen LogP contribution in [0, 0.1) is 0 Å². The molecule has 3 aromatic rings. The number of sulfonamides is 1. The molecule has 0 atom stereocenters. The zero-order chi connectivity index (χ0) is 21.6. The number of benzene rings is 3. The lowest BCUT2D eigenvalue weighted by molar-refractivity contribution is 0.102. The van der Waals surface area contributed by atoms with Crippen molar-refractivity contribution in [3.05, 3.63) is 88.4 Å². The Kier molecular flexibility index (Phi) is 4.79. The number of hydrogen-bond donors (Lipinski definition) is 1. The smallest absolute Gasteiger partial charge is 0.255 e. The average molecular weight is 452 g/mol. The van der Waals surface area contributed by atoms with E-state index in [0.29, 0.717) is 34.9 Å². The quantitative estimate of drug-likeness (QED) is 0.637. The Hall–Kier alpha value is -3.16.